The number of allylic oxidation sites excluding steroid dienone is 1. The number of methoxy groups -OCH3 is 1. The van der Waals surface area contributed by atoms with E-state index in [9.17, 15) is 27.6 Å². The topological polar surface area (TPSA) is 185 Å². The highest BCUT2D eigenvalue weighted by atomic mass is 32.2. The minimum Gasteiger partial charge on any atom is -0.497 e. The number of nitrogens with zero attached hydrogens (tertiary/aromatic N) is 2. The van der Waals surface area contributed by atoms with E-state index in [-0.39, 0.29) is 37.3 Å². The Morgan fingerprint density at radius 1 is 0.983 bits per heavy atom. The molecule has 1 aromatic carbocycles. The number of aryl methyl sites for hydroxylation is 1. The van der Waals surface area contributed by atoms with Crippen LogP contribution >= 0.6 is 0 Å². The molecule has 312 valence electrons. The monoisotopic (exact) mass is 816 g/mol. The zero-order chi connectivity index (χ0) is 40.5. The van der Waals surface area contributed by atoms with E-state index in [1.54, 1.807) is 18.9 Å². The van der Waals surface area contributed by atoms with Crippen molar-refractivity contribution < 1.29 is 37.1 Å². The number of carbonyl (C=O) groups excluding carboxylic acids is 4. The predicted octanol–water partition coefficient (Wildman–Crippen LogP) is 4.79. The van der Waals surface area contributed by atoms with Crippen molar-refractivity contribution in [1.29, 1.82) is 0 Å². The number of benzene rings is 1. The fraction of sp³-hybridized carbons (Fsp3) is 0.651. The van der Waals surface area contributed by atoms with Crippen molar-refractivity contribution in [3.05, 3.63) is 41.6 Å². The minimum atomic E-state index is -3.98. The summed E-state index contributed by atoms with van der Waals surface area (Å²) in [5.74, 6) is -0.399. The molecule has 4 saturated carbocycles. The summed E-state index contributed by atoms with van der Waals surface area (Å²) in [6, 6.07) is 3.60. The number of pyridine rings is 1. The molecule has 0 radical (unpaired) electrons. The van der Waals surface area contributed by atoms with Crippen molar-refractivity contribution in [3.63, 3.8) is 0 Å². The largest absolute Gasteiger partial charge is 0.497 e. The molecule has 4 N–H and O–H groups in total. The van der Waals surface area contributed by atoms with E-state index in [1.165, 1.54) is 0 Å². The maximum absolute atomic E-state index is 14.9. The molecule has 1 saturated heterocycles. The summed E-state index contributed by atoms with van der Waals surface area (Å²) in [7, 11) is -2.34. The first-order valence-corrected chi connectivity index (χ1v) is 22.9. The second-order valence-corrected chi connectivity index (χ2v) is 20.5. The van der Waals surface area contributed by atoms with Gasteiger partial charge in [0.15, 0.2) is 0 Å². The molecular formula is C43H56N6O8S. The summed E-state index contributed by atoms with van der Waals surface area (Å²) in [4.78, 5) is 63.9. The van der Waals surface area contributed by atoms with Gasteiger partial charge in [0, 0.05) is 41.3 Å². The molecular weight excluding hydrogens is 761 g/mol. The van der Waals surface area contributed by atoms with Gasteiger partial charge in [0.1, 0.15) is 34.7 Å². The third-order valence-corrected chi connectivity index (χ3v) is 16.2. The molecule has 2 aromatic rings. The molecule has 5 amide bonds. The van der Waals surface area contributed by atoms with Crippen LogP contribution in [0, 0.1) is 5.92 Å². The van der Waals surface area contributed by atoms with Gasteiger partial charge in [-0.2, -0.15) is 0 Å². The van der Waals surface area contributed by atoms with Crippen molar-refractivity contribution in [3.8, 4) is 11.5 Å². The molecule has 7 aliphatic rings. The number of hydrogen-bond donors (Lipinski definition) is 4. The van der Waals surface area contributed by atoms with E-state index in [2.05, 4.69) is 20.7 Å². The van der Waals surface area contributed by atoms with E-state index in [1.807, 2.05) is 30.4 Å². The summed E-state index contributed by atoms with van der Waals surface area (Å²) in [5, 5.41) is 10.0. The average molecular weight is 817 g/mol. The van der Waals surface area contributed by atoms with E-state index >= 15 is 0 Å². The van der Waals surface area contributed by atoms with Crippen LogP contribution in [-0.4, -0.2) is 89.7 Å². The lowest BCUT2D eigenvalue weighted by Gasteiger charge is -2.37. The molecule has 3 aliphatic heterocycles. The number of amides is 5. The third-order valence-electron chi connectivity index (χ3n) is 14.0. The Hall–Kier alpha value is -4.40. The van der Waals surface area contributed by atoms with Gasteiger partial charge < -0.3 is 30.3 Å². The SMILES string of the molecule is COc1ccc2c3c(c(C4CC4)nc2c1)O[C@]1(CC3)C[C@H]2C(=O)N[C@]3(C(=O)NS(=O)(=O)C4(C)CC4)C[C@H]3C=CCCCCC[C@H](NC(=O)NC3CCCC3)C(=O)N2C1. The van der Waals surface area contributed by atoms with E-state index < -0.39 is 61.8 Å². The van der Waals surface area contributed by atoms with Crippen LogP contribution in [-0.2, 0) is 30.8 Å². The zero-order valence-corrected chi connectivity index (χ0v) is 34.4. The zero-order valence-electron chi connectivity index (χ0n) is 33.6. The quantitative estimate of drug-likeness (QED) is 0.286. The fourth-order valence-corrected chi connectivity index (χ4v) is 11.1. The van der Waals surface area contributed by atoms with Gasteiger partial charge in [0.25, 0.3) is 5.91 Å². The normalized spacial score (nSPS) is 30.9. The lowest BCUT2D eigenvalue weighted by molar-refractivity contribution is -0.141. The van der Waals surface area contributed by atoms with Gasteiger partial charge in [-0.05, 0) is 96.1 Å². The lowest BCUT2D eigenvalue weighted by Crippen LogP contribution is -2.59. The van der Waals surface area contributed by atoms with E-state index in [0.29, 0.717) is 38.5 Å². The summed E-state index contributed by atoms with van der Waals surface area (Å²) < 4.78 is 40.5. The number of urea groups is 1. The predicted molar refractivity (Wildman–Crippen MR) is 216 cm³/mol. The Balaban J connectivity index is 1.05. The number of aromatic nitrogens is 1. The number of ether oxygens (including phenoxy) is 2. The first-order chi connectivity index (χ1) is 27.8. The molecule has 4 aliphatic carbocycles. The van der Waals surface area contributed by atoms with Crippen molar-refractivity contribution in [2.45, 2.75) is 156 Å². The number of hydrogen-bond acceptors (Lipinski definition) is 9. The Labute approximate surface area is 340 Å². The van der Waals surface area contributed by atoms with Gasteiger partial charge in [0.05, 0.1) is 29.6 Å². The maximum Gasteiger partial charge on any atom is 0.315 e. The van der Waals surface area contributed by atoms with Gasteiger partial charge in [-0.15, -0.1) is 0 Å². The van der Waals surface area contributed by atoms with E-state index in [4.69, 9.17) is 14.5 Å². The Morgan fingerprint density at radius 3 is 2.50 bits per heavy atom. The van der Waals surface area contributed by atoms with Crippen molar-refractivity contribution in [2.24, 2.45) is 5.92 Å². The second-order valence-electron chi connectivity index (χ2n) is 18.3. The van der Waals surface area contributed by atoms with Gasteiger partial charge in [0.2, 0.25) is 21.8 Å². The number of nitrogens with one attached hydrogen (secondary N) is 4. The highest BCUT2D eigenvalue weighted by Crippen LogP contribution is 2.52. The molecule has 1 aromatic heterocycles. The van der Waals surface area contributed by atoms with Crippen LogP contribution in [0.2, 0.25) is 0 Å². The summed E-state index contributed by atoms with van der Waals surface area (Å²) >= 11 is 0. The minimum absolute atomic E-state index is 0.0556. The van der Waals surface area contributed by atoms with Crippen LogP contribution in [0.3, 0.4) is 0 Å². The maximum atomic E-state index is 14.9. The second kappa shape index (κ2) is 14.7. The average Bonchev–Trinajstić information content (AvgIpc) is 4.17. The molecule has 14 nitrogen and oxygen atoms in total. The molecule has 4 heterocycles. The molecule has 58 heavy (non-hydrogen) atoms. The Kier molecular flexibility index (Phi) is 9.91. The van der Waals surface area contributed by atoms with Crippen LogP contribution in [0.5, 0.6) is 11.5 Å². The lowest BCUT2D eigenvalue weighted by atomic mass is 9.86. The summed E-state index contributed by atoms with van der Waals surface area (Å²) in [5.41, 5.74) is 0.343. The van der Waals surface area contributed by atoms with Gasteiger partial charge in [-0.3, -0.25) is 19.1 Å². The van der Waals surface area contributed by atoms with Crippen LogP contribution in [0.1, 0.15) is 127 Å². The number of fused-ring (bicyclic) bond motifs is 5. The van der Waals surface area contributed by atoms with Crippen molar-refractivity contribution >= 4 is 44.7 Å². The highest BCUT2D eigenvalue weighted by Gasteiger charge is 2.64. The van der Waals surface area contributed by atoms with Crippen LogP contribution < -0.4 is 30.1 Å². The third kappa shape index (κ3) is 7.29. The summed E-state index contributed by atoms with van der Waals surface area (Å²) in [6.07, 6.45) is 15.7. The molecule has 5 atom stereocenters. The molecule has 15 heteroatoms. The van der Waals surface area contributed by atoms with Gasteiger partial charge in [-0.25, -0.2) is 18.2 Å². The van der Waals surface area contributed by atoms with Gasteiger partial charge in [-0.1, -0.05) is 37.8 Å². The number of carbonyl (C=O) groups is 4. The molecule has 0 bridgehead atoms. The molecule has 9 rings (SSSR count). The fourth-order valence-electron chi connectivity index (χ4n) is 9.75. The molecule has 1 spiro atoms. The smallest absolute Gasteiger partial charge is 0.315 e. The highest BCUT2D eigenvalue weighted by molar-refractivity contribution is 7.91. The number of sulfonamides is 1. The van der Waals surface area contributed by atoms with Crippen LogP contribution in [0.15, 0.2) is 30.4 Å². The standard InChI is InChI=1S/C43H56N6O8S/c1-41(20-21-41)58(54,55)48-39(52)43-23-27(43)10-6-4-3-5-7-13-32(46-40(53)44-28-11-8-9-12-28)38(51)49-25-42(24-34(49)37(50)47-43)19-18-31-30-17-16-29(56-2)22-33(30)45-35(26-14-15-26)36(31)57-42/h6,10,16-17,22,26-28,32,34H,3-5,7-9,11-15,18-21,23-25H2,1-2H3,(H,47,50)(H,48,52)(H2,44,46,53)/t27-,32+,34+,42-,43-/m1/s1. The Morgan fingerprint density at radius 2 is 1.76 bits per heavy atom. The first-order valence-electron chi connectivity index (χ1n) is 21.5. The molecule has 5 fully saturated rings. The Bertz CT molecular complexity index is 2160. The number of rotatable bonds is 7. The first kappa shape index (κ1) is 39.1. The summed E-state index contributed by atoms with van der Waals surface area (Å²) in [6.45, 7) is 1.72. The van der Waals surface area contributed by atoms with Gasteiger partial charge >= 0.3 is 6.03 Å². The van der Waals surface area contributed by atoms with E-state index in [0.717, 1.165) is 91.4 Å². The van der Waals surface area contributed by atoms with Crippen molar-refractivity contribution in [1.82, 2.24) is 30.6 Å². The molecule has 0 unspecified atom stereocenters. The van der Waals surface area contributed by atoms with Crippen LogP contribution in [0.4, 0.5) is 4.79 Å². The van der Waals surface area contributed by atoms with Crippen molar-refractivity contribution in [2.75, 3.05) is 13.7 Å². The van der Waals surface area contributed by atoms with Crippen LogP contribution in [0.25, 0.3) is 10.9 Å².